The number of hydrogen-bond donors (Lipinski definition) is 0. The highest BCUT2D eigenvalue weighted by atomic mass is 35.5. The molecule has 5 rings (SSSR count). The Balaban J connectivity index is 1.55. The normalized spacial score (nSPS) is 21.0. The molecule has 12 heteroatoms. The molecule has 244 valence electrons. The number of anilines is 1. The van der Waals surface area contributed by atoms with Crippen LogP contribution in [0.3, 0.4) is 0 Å². The fraction of sp³-hybridized carbons (Fsp3) is 0.400. The Labute approximate surface area is 279 Å². The predicted octanol–water partition coefficient (Wildman–Crippen LogP) is 6.70. The van der Waals surface area contributed by atoms with Crippen molar-refractivity contribution in [1.82, 2.24) is 9.67 Å². The number of esters is 1. The Bertz CT molecular complexity index is 1780. The quantitative estimate of drug-likeness (QED) is 0.151. The number of aromatic nitrogens is 3. The molecule has 1 aliphatic carbocycles. The number of halogens is 1. The van der Waals surface area contributed by atoms with E-state index in [1.54, 1.807) is 32.1 Å². The van der Waals surface area contributed by atoms with Crippen LogP contribution in [0.4, 0.5) is 16.2 Å². The minimum atomic E-state index is -0.574. The highest BCUT2D eigenvalue weighted by Gasteiger charge is 2.41. The van der Waals surface area contributed by atoms with Crippen molar-refractivity contribution in [3.63, 3.8) is 0 Å². The molecule has 2 heterocycles. The molecule has 1 saturated carbocycles. The van der Waals surface area contributed by atoms with Gasteiger partial charge in [0, 0.05) is 23.7 Å². The lowest BCUT2D eigenvalue weighted by Gasteiger charge is -2.36. The van der Waals surface area contributed by atoms with Crippen LogP contribution in [-0.4, -0.2) is 52.7 Å². The summed E-state index contributed by atoms with van der Waals surface area (Å²) in [6.07, 6.45) is 2.84. The van der Waals surface area contributed by atoms with Gasteiger partial charge in [0.25, 0.3) is 17.4 Å². The number of fused-ring (bicyclic) bond motifs is 1. The fourth-order valence-electron chi connectivity index (χ4n) is 6.43. The first-order chi connectivity index (χ1) is 22.6. The van der Waals surface area contributed by atoms with Gasteiger partial charge in [-0.15, -0.1) is 14.2 Å². The van der Waals surface area contributed by atoms with Crippen molar-refractivity contribution in [2.75, 3.05) is 18.1 Å². The Morgan fingerprint density at radius 3 is 2.43 bits per heavy atom. The van der Waals surface area contributed by atoms with Gasteiger partial charge in [-0.1, -0.05) is 62.6 Å². The fourth-order valence-corrected chi connectivity index (χ4v) is 6.64. The summed E-state index contributed by atoms with van der Waals surface area (Å²) in [6.45, 7) is 17.7. The molecule has 0 bridgehead atoms. The molecule has 1 aromatic heterocycles. The lowest BCUT2D eigenvalue weighted by atomic mass is 9.75. The van der Waals surface area contributed by atoms with E-state index in [-0.39, 0.29) is 60.0 Å². The molecule has 11 nitrogen and oxygen atoms in total. The van der Waals surface area contributed by atoms with Crippen molar-refractivity contribution < 1.29 is 28.5 Å². The van der Waals surface area contributed by atoms with E-state index in [1.807, 2.05) is 30.3 Å². The molecule has 2 unspecified atom stereocenters. The molecule has 2 aromatic carbocycles. The number of rotatable bonds is 8. The smallest absolute Gasteiger partial charge is 0.465 e. The van der Waals surface area contributed by atoms with Gasteiger partial charge in [-0.2, -0.15) is 0 Å². The molecule has 2 aliphatic rings. The average Bonchev–Trinajstić information content (AvgIpc) is 3.58. The zero-order valence-electron chi connectivity index (χ0n) is 27.1. The van der Waals surface area contributed by atoms with Crippen molar-refractivity contribution in [2.45, 2.75) is 60.0 Å². The summed E-state index contributed by atoms with van der Waals surface area (Å²) in [5.74, 6) is 0.969. The van der Waals surface area contributed by atoms with Crippen LogP contribution in [-0.2, 0) is 19.1 Å². The number of allylic oxidation sites excluding steroid dienone is 1. The minimum absolute atomic E-state index is 0.159. The topological polar surface area (TPSA) is 111 Å². The van der Waals surface area contributed by atoms with Gasteiger partial charge >= 0.3 is 12.1 Å². The molecule has 0 N–H and O–H groups in total. The second kappa shape index (κ2) is 14.3. The van der Waals surface area contributed by atoms with E-state index in [0.29, 0.717) is 34.5 Å². The lowest BCUT2D eigenvalue weighted by molar-refractivity contribution is -0.616. The Hall–Kier alpha value is -4.82. The standard InChI is InChI=1S/C35H38ClN6O5/c1-7-30(43)40(20-31(44)46-8-2)25-14-15-27(26(36)18-25)38-34-28(37-6)19-29-41(33(39-42(29)34)24-12-10-9-11-13-24)35(45)47-32-22(4)16-21(3)17-23(32)5/h9-15,18-19,21-23,32H,7-8,16-17,20H2,1-5H3/q+1. The van der Waals surface area contributed by atoms with Gasteiger partial charge in [-0.25, -0.2) is 9.64 Å². The number of carbonyl (C=O) groups excluding carboxylic acids is 3. The molecular weight excluding hydrogens is 620 g/mol. The molecule has 1 amide bonds. The molecular formula is C35H38ClN6O5+. The van der Waals surface area contributed by atoms with Gasteiger partial charge in [0.2, 0.25) is 11.7 Å². The number of aliphatic imine (C=N–C) groups is 1. The molecule has 0 spiro atoms. The summed E-state index contributed by atoms with van der Waals surface area (Å²) >= 11 is 6.68. The first-order valence-electron chi connectivity index (χ1n) is 15.8. The van der Waals surface area contributed by atoms with Gasteiger partial charge in [0.05, 0.1) is 18.2 Å². The van der Waals surface area contributed by atoms with Gasteiger partial charge in [-0.3, -0.25) is 9.59 Å². The van der Waals surface area contributed by atoms with Crippen molar-refractivity contribution in [1.29, 1.82) is 0 Å². The molecule has 47 heavy (non-hydrogen) atoms. The van der Waals surface area contributed by atoms with Crippen molar-refractivity contribution >= 4 is 52.9 Å². The third kappa shape index (κ3) is 6.98. The van der Waals surface area contributed by atoms with E-state index in [1.165, 1.54) is 20.2 Å². The van der Waals surface area contributed by atoms with Crippen LogP contribution in [0.15, 0.2) is 59.2 Å². The Kier molecular flexibility index (Phi) is 10.2. The van der Waals surface area contributed by atoms with E-state index >= 15 is 0 Å². The van der Waals surface area contributed by atoms with Crippen LogP contribution in [0.1, 0.15) is 59.7 Å². The van der Waals surface area contributed by atoms with Crippen LogP contribution in [0, 0.1) is 24.3 Å². The van der Waals surface area contributed by atoms with E-state index in [0.717, 1.165) is 12.8 Å². The van der Waals surface area contributed by atoms with Gasteiger partial charge in [0.15, 0.2) is 5.69 Å². The largest absolute Gasteiger partial charge is 0.483 e. The van der Waals surface area contributed by atoms with E-state index < -0.39 is 12.1 Å². The van der Waals surface area contributed by atoms with Crippen LogP contribution < -0.4 is 9.58 Å². The zero-order chi connectivity index (χ0) is 33.8. The molecule has 0 saturated heterocycles. The Morgan fingerprint density at radius 1 is 1.11 bits per heavy atom. The monoisotopic (exact) mass is 657 g/mol. The van der Waals surface area contributed by atoms with Crippen LogP contribution >= 0.6 is 11.6 Å². The summed E-state index contributed by atoms with van der Waals surface area (Å²) in [4.78, 5) is 48.5. The number of benzene rings is 2. The second-order valence-electron chi connectivity index (χ2n) is 12.0. The van der Waals surface area contributed by atoms with Crippen molar-refractivity contribution in [3.8, 4) is 11.4 Å². The Morgan fingerprint density at radius 2 is 1.81 bits per heavy atom. The van der Waals surface area contributed by atoms with E-state index in [9.17, 15) is 14.4 Å². The maximum atomic E-state index is 14.0. The van der Waals surface area contributed by atoms with Gasteiger partial charge < -0.3 is 14.4 Å². The van der Waals surface area contributed by atoms with Gasteiger partial charge in [0.1, 0.15) is 12.6 Å². The third-order valence-corrected chi connectivity index (χ3v) is 8.76. The summed E-state index contributed by atoms with van der Waals surface area (Å²) < 4.78 is 14.1. The minimum Gasteiger partial charge on any atom is -0.465 e. The number of amides is 1. The second-order valence-corrected chi connectivity index (χ2v) is 12.4. The maximum Gasteiger partial charge on any atom is 0.483 e. The number of nitrogens with zero attached hydrogens (tertiary/aromatic N) is 6. The first-order valence-corrected chi connectivity index (χ1v) is 16.2. The van der Waals surface area contributed by atoms with Crippen molar-refractivity contribution in [2.24, 2.45) is 22.7 Å². The van der Waals surface area contributed by atoms with E-state index in [2.05, 4.69) is 25.6 Å². The molecule has 0 radical (unpaired) electrons. The lowest BCUT2D eigenvalue weighted by Crippen LogP contribution is -2.45. The number of ether oxygens (including phenoxy) is 2. The molecule has 2 atom stereocenters. The number of hydrogen-bond acceptors (Lipinski definition) is 7. The first kappa shape index (κ1) is 33.5. The summed E-state index contributed by atoms with van der Waals surface area (Å²) in [6, 6.07) is 14.0. The van der Waals surface area contributed by atoms with E-state index in [4.69, 9.17) is 37.7 Å². The SMILES string of the molecule is [C-]#[N+]C1=Cc2n(C(=O)OC3C(C)CC(C)CC3C)c(-c3ccccc3)n[n+]2C1=Nc1ccc(N(CC(=O)OCC)C(=O)CC)cc1Cl. The third-order valence-electron chi connectivity index (χ3n) is 8.46. The maximum absolute atomic E-state index is 14.0. The van der Waals surface area contributed by atoms with Gasteiger partial charge in [-0.05, 0) is 67.9 Å². The molecule has 3 aromatic rings. The highest BCUT2D eigenvalue weighted by molar-refractivity contribution is 6.33. The summed E-state index contributed by atoms with van der Waals surface area (Å²) in [7, 11) is 0. The van der Waals surface area contributed by atoms with Crippen molar-refractivity contribution in [3.05, 3.63) is 76.5 Å². The number of carbonyl (C=O) groups is 3. The zero-order valence-corrected chi connectivity index (χ0v) is 27.9. The highest BCUT2D eigenvalue weighted by Crippen LogP contribution is 2.36. The van der Waals surface area contributed by atoms with Crippen LogP contribution in [0.2, 0.25) is 5.02 Å². The molecule has 1 fully saturated rings. The average molecular weight is 658 g/mol. The van der Waals surface area contributed by atoms with Crippen LogP contribution in [0.5, 0.6) is 0 Å². The summed E-state index contributed by atoms with van der Waals surface area (Å²) in [5, 5.41) is 4.95. The predicted molar refractivity (Wildman–Crippen MR) is 178 cm³/mol. The summed E-state index contributed by atoms with van der Waals surface area (Å²) in [5.41, 5.74) is 1.55. The molecule has 1 aliphatic heterocycles. The van der Waals surface area contributed by atoms with Crippen LogP contribution in [0.25, 0.3) is 22.3 Å².